The van der Waals surface area contributed by atoms with E-state index in [9.17, 15) is 13.6 Å². The van der Waals surface area contributed by atoms with Crippen LogP contribution in [0.15, 0.2) is 73.3 Å². The van der Waals surface area contributed by atoms with Crippen molar-refractivity contribution in [1.29, 1.82) is 0 Å². The van der Waals surface area contributed by atoms with Gasteiger partial charge in [0.05, 0.1) is 12.4 Å². The van der Waals surface area contributed by atoms with Gasteiger partial charge in [-0.1, -0.05) is 30.3 Å². The molecule has 2 unspecified atom stereocenters. The third-order valence-electron chi connectivity index (χ3n) is 5.00. The molecule has 0 spiro atoms. The lowest BCUT2D eigenvalue weighted by Gasteiger charge is -2.23. The largest absolute Gasteiger partial charge is 0.479 e. The first-order valence-electron chi connectivity index (χ1n) is 9.74. The minimum absolute atomic E-state index is 0.170. The molecule has 0 fully saturated rings. The number of aliphatic carboxylic acids is 1. The molecule has 31 heavy (non-hydrogen) atoms. The fourth-order valence-electron chi connectivity index (χ4n) is 3.40. The summed E-state index contributed by atoms with van der Waals surface area (Å²) < 4.78 is 28.8. The second-order valence-corrected chi connectivity index (χ2v) is 7.06. The smallest absolute Gasteiger partial charge is 0.334 e. The molecule has 6 nitrogen and oxygen atoms in total. The van der Waals surface area contributed by atoms with Crippen LogP contribution < -0.4 is 5.90 Å². The Kier molecular flexibility index (Phi) is 7.64. The first-order valence-corrected chi connectivity index (χ1v) is 9.74. The SMILES string of the molecule is NOC(CCC=C(c1ccc(F)cc1)C(Cc1ccc(F)cc1)n1ccnc1)C(=O)O. The Bertz CT molecular complexity index is 1000. The third kappa shape index (κ3) is 6.07. The number of aromatic nitrogens is 2. The van der Waals surface area contributed by atoms with Crippen LogP contribution in [0.25, 0.3) is 5.57 Å². The fraction of sp³-hybridized carbons (Fsp3) is 0.217. The number of allylic oxidation sites excluding steroid dienone is 2. The average Bonchev–Trinajstić information content (AvgIpc) is 3.29. The van der Waals surface area contributed by atoms with Crippen LogP contribution in [-0.2, 0) is 16.1 Å². The molecule has 2 aromatic carbocycles. The second kappa shape index (κ2) is 10.6. The standard InChI is InChI=1S/C23H23F2N3O3/c24-18-8-4-16(5-9-18)14-21(28-13-12-27-15-28)20(17-6-10-19(25)11-7-17)2-1-3-22(31-26)23(29)30/h2,4-13,15,21-22H,1,3,14,26H2,(H,29,30). The summed E-state index contributed by atoms with van der Waals surface area (Å²) in [6.45, 7) is 0. The number of carboxylic acid groups (broad SMARTS) is 1. The minimum Gasteiger partial charge on any atom is -0.479 e. The summed E-state index contributed by atoms with van der Waals surface area (Å²) in [6.07, 6.45) is 6.98. The van der Waals surface area contributed by atoms with Gasteiger partial charge in [-0.2, -0.15) is 0 Å². The topological polar surface area (TPSA) is 90.4 Å². The minimum atomic E-state index is -1.14. The Labute approximate surface area is 178 Å². The van der Waals surface area contributed by atoms with Crippen LogP contribution in [0.3, 0.4) is 0 Å². The zero-order valence-corrected chi connectivity index (χ0v) is 16.7. The van der Waals surface area contributed by atoms with E-state index in [0.29, 0.717) is 12.8 Å². The van der Waals surface area contributed by atoms with Crippen molar-refractivity contribution >= 4 is 11.5 Å². The van der Waals surface area contributed by atoms with Crippen molar-refractivity contribution in [2.45, 2.75) is 31.4 Å². The molecule has 0 saturated heterocycles. The van der Waals surface area contributed by atoms with E-state index < -0.39 is 12.1 Å². The molecular weight excluding hydrogens is 404 g/mol. The maximum Gasteiger partial charge on any atom is 0.334 e. The fourth-order valence-corrected chi connectivity index (χ4v) is 3.40. The molecular formula is C23H23F2N3O3. The van der Waals surface area contributed by atoms with Crippen molar-refractivity contribution in [2.24, 2.45) is 5.90 Å². The van der Waals surface area contributed by atoms with Crippen molar-refractivity contribution in [3.63, 3.8) is 0 Å². The lowest BCUT2D eigenvalue weighted by Crippen LogP contribution is -2.26. The predicted molar refractivity (Wildman–Crippen MR) is 112 cm³/mol. The van der Waals surface area contributed by atoms with E-state index in [-0.39, 0.29) is 24.1 Å². The van der Waals surface area contributed by atoms with Gasteiger partial charge in [-0.05, 0) is 60.2 Å². The van der Waals surface area contributed by atoms with Gasteiger partial charge in [0.25, 0.3) is 0 Å². The molecule has 1 aromatic heterocycles. The monoisotopic (exact) mass is 427 g/mol. The van der Waals surface area contributed by atoms with Gasteiger partial charge in [-0.25, -0.2) is 24.5 Å². The van der Waals surface area contributed by atoms with E-state index in [0.717, 1.165) is 16.7 Å². The number of nitrogens with zero attached hydrogens (tertiary/aromatic N) is 2. The van der Waals surface area contributed by atoms with Crippen molar-refractivity contribution in [2.75, 3.05) is 0 Å². The summed E-state index contributed by atoms with van der Waals surface area (Å²) >= 11 is 0. The molecule has 3 aromatic rings. The number of imidazole rings is 1. The molecule has 0 saturated carbocycles. The number of benzene rings is 2. The maximum absolute atomic E-state index is 13.5. The van der Waals surface area contributed by atoms with Crippen LogP contribution in [0.4, 0.5) is 8.78 Å². The summed E-state index contributed by atoms with van der Waals surface area (Å²) in [6, 6.07) is 12.1. The molecule has 8 heteroatoms. The molecule has 2 atom stereocenters. The lowest BCUT2D eigenvalue weighted by molar-refractivity contribution is -0.151. The summed E-state index contributed by atoms with van der Waals surface area (Å²) in [4.78, 5) is 19.9. The molecule has 0 aliphatic carbocycles. The zero-order chi connectivity index (χ0) is 22.2. The van der Waals surface area contributed by atoms with Gasteiger partial charge >= 0.3 is 5.97 Å². The van der Waals surface area contributed by atoms with E-state index in [1.807, 2.05) is 16.8 Å². The molecule has 162 valence electrons. The van der Waals surface area contributed by atoms with E-state index >= 15 is 0 Å². The van der Waals surface area contributed by atoms with Gasteiger partial charge in [-0.15, -0.1) is 0 Å². The van der Waals surface area contributed by atoms with Gasteiger partial charge in [0.1, 0.15) is 11.6 Å². The highest BCUT2D eigenvalue weighted by Crippen LogP contribution is 2.32. The first-order chi connectivity index (χ1) is 15.0. The average molecular weight is 427 g/mol. The number of hydrogen-bond donors (Lipinski definition) is 2. The van der Waals surface area contributed by atoms with Crippen LogP contribution in [0.1, 0.15) is 30.0 Å². The molecule has 0 aliphatic rings. The van der Waals surface area contributed by atoms with Crippen LogP contribution in [0.2, 0.25) is 0 Å². The predicted octanol–water partition coefficient (Wildman–Crippen LogP) is 4.15. The third-order valence-corrected chi connectivity index (χ3v) is 5.00. The van der Waals surface area contributed by atoms with Crippen LogP contribution >= 0.6 is 0 Å². The first kappa shape index (κ1) is 22.3. The van der Waals surface area contributed by atoms with Crippen LogP contribution in [0.5, 0.6) is 0 Å². The highest BCUT2D eigenvalue weighted by atomic mass is 19.1. The maximum atomic E-state index is 13.5. The molecule has 0 radical (unpaired) electrons. The number of halogens is 2. The second-order valence-electron chi connectivity index (χ2n) is 7.06. The number of carboxylic acids is 1. The zero-order valence-electron chi connectivity index (χ0n) is 16.7. The molecule has 1 heterocycles. The molecule has 3 N–H and O–H groups in total. The normalized spacial score (nSPS) is 13.7. The van der Waals surface area contributed by atoms with Gasteiger partial charge in [0.2, 0.25) is 0 Å². The van der Waals surface area contributed by atoms with E-state index in [1.165, 1.54) is 24.3 Å². The van der Waals surface area contributed by atoms with Crippen LogP contribution in [0, 0.1) is 11.6 Å². The number of rotatable bonds is 10. The van der Waals surface area contributed by atoms with E-state index in [4.69, 9.17) is 11.0 Å². The van der Waals surface area contributed by atoms with E-state index in [1.54, 1.807) is 36.8 Å². The lowest BCUT2D eigenvalue weighted by atomic mass is 9.91. The summed E-state index contributed by atoms with van der Waals surface area (Å²) in [5.41, 5.74) is 2.54. The Hall–Kier alpha value is -3.36. The number of hydrogen-bond acceptors (Lipinski definition) is 4. The molecule has 0 amide bonds. The van der Waals surface area contributed by atoms with Crippen molar-refractivity contribution < 1.29 is 23.5 Å². The molecule has 3 rings (SSSR count). The van der Waals surface area contributed by atoms with E-state index in [2.05, 4.69) is 9.82 Å². The van der Waals surface area contributed by atoms with Crippen molar-refractivity contribution in [3.8, 4) is 0 Å². The Balaban J connectivity index is 1.97. The molecule has 0 aliphatic heterocycles. The van der Waals surface area contributed by atoms with Crippen molar-refractivity contribution in [3.05, 3.63) is 96.1 Å². The van der Waals surface area contributed by atoms with Gasteiger partial charge < -0.3 is 9.67 Å². The van der Waals surface area contributed by atoms with Gasteiger partial charge in [-0.3, -0.25) is 4.84 Å². The molecule has 0 bridgehead atoms. The number of nitrogens with two attached hydrogens (primary N) is 1. The quantitative estimate of drug-likeness (QED) is 0.475. The Morgan fingerprint density at radius 1 is 1.13 bits per heavy atom. The highest BCUT2D eigenvalue weighted by Gasteiger charge is 2.20. The van der Waals surface area contributed by atoms with Gasteiger partial charge in [0.15, 0.2) is 6.10 Å². The van der Waals surface area contributed by atoms with Gasteiger partial charge in [0, 0.05) is 12.4 Å². The summed E-state index contributed by atoms with van der Waals surface area (Å²) in [5, 5.41) is 9.15. The van der Waals surface area contributed by atoms with Crippen molar-refractivity contribution in [1.82, 2.24) is 9.55 Å². The number of carbonyl (C=O) groups is 1. The summed E-state index contributed by atoms with van der Waals surface area (Å²) in [5.74, 6) is 3.26. The van der Waals surface area contributed by atoms with Crippen LogP contribution in [-0.4, -0.2) is 26.7 Å². The Morgan fingerprint density at radius 2 is 1.77 bits per heavy atom. The Morgan fingerprint density at radius 3 is 2.32 bits per heavy atom. The highest BCUT2D eigenvalue weighted by molar-refractivity contribution is 5.72. The summed E-state index contributed by atoms with van der Waals surface area (Å²) in [7, 11) is 0.